The summed E-state index contributed by atoms with van der Waals surface area (Å²) in [5.74, 6) is 1.83. The van der Waals surface area contributed by atoms with Gasteiger partial charge in [0.2, 0.25) is 0 Å². The van der Waals surface area contributed by atoms with Gasteiger partial charge in [0.1, 0.15) is 0 Å². The molecule has 1 aliphatic rings. The van der Waals surface area contributed by atoms with Crippen molar-refractivity contribution >= 4 is 28.7 Å². The zero-order chi connectivity index (χ0) is 11.4. The van der Waals surface area contributed by atoms with Crippen molar-refractivity contribution in [2.45, 2.75) is 6.42 Å². The summed E-state index contributed by atoms with van der Waals surface area (Å²) in [5, 5.41) is 0. The quantitative estimate of drug-likeness (QED) is 0.611. The highest BCUT2D eigenvalue weighted by molar-refractivity contribution is 14.1. The molecule has 0 N–H and O–H groups in total. The molecule has 1 aliphatic heterocycles. The van der Waals surface area contributed by atoms with Crippen molar-refractivity contribution in [2.24, 2.45) is 0 Å². The predicted molar refractivity (Wildman–Crippen MR) is 73.2 cm³/mol. The highest BCUT2D eigenvalue weighted by Crippen LogP contribution is 2.25. The number of hydrogen-bond acceptors (Lipinski definition) is 4. The molecule has 0 saturated carbocycles. The minimum absolute atomic E-state index is 0.865. The van der Waals surface area contributed by atoms with Crippen LogP contribution < -0.4 is 9.64 Å². The Morgan fingerprint density at radius 2 is 2.19 bits per heavy atom. The van der Waals surface area contributed by atoms with E-state index in [1.165, 1.54) is 6.42 Å². The van der Waals surface area contributed by atoms with Gasteiger partial charge >= 0.3 is 0 Å². The molecule has 1 saturated heterocycles. The van der Waals surface area contributed by atoms with E-state index in [1.54, 1.807) is 7.11 Å². The van der Waals surface area contributed by atoms with E-state index in [9.17, 15) is 0 Å². The Morgan fingerprint density at radius 3 is 3.00 bits per heavy atom. The lowest BCUT2D eigenvalue weighted by molar-refractivity contribution is 0.412. The summed E-state index contributed by atoms with van der Waals surface area (Å²) < 4.78 is 7.67. The fourth-order valence-electron chi connectivity index (χ4n) is 1.88. The van der Waals surface area contributed by atoms with Crippen molar-refractivity contribution in [3.05, 3.63) is 18.3 Å². The third kappa shape index (κ3) is 2.76. The largest absolute Gasteiger partial charge is 0.493 e. The van der Waals surface area contributed by atoms with E-state index in [0.29, 0.717) is 0 Å². The molecule has 0 atom stereocenters. The topological polar surface area (TPSA) is 28.6 Å². The van der Waals surface area contributed by atoms with Crippen molar-refractivity contribution < 1.29 is 4.74 Å². The Kier molecular flexibility index (Phi) is 4.22. The first kappa shape index (κ1) is 11.9. The standard InChI is InChI=1S/C11H16IN3O/c1-16-10-4-2-5-13-11(10)14-6-3-7-15(12)9-8-14/h2,4-5H,3,6-9H2,1H3. The lowest BCUT2D eigenvalue weighted by atomic mass is 10.3. The second-order valence-electron chi connectivity index (χ2n) is 3.78. The maximum Gasteiger partial charge on any atom is 0.171 e. The molecule has 2 rings (SSSR count). The first-order chi connectivity index (χ1) is 7.81. The zero-order valence-corrected chi connectivity index (χ0v) is 11.6. The number of rotatable bonds is 2. The van der Waals surface area contributed by atoms with Gasteiger partial charge in [0.25, 0.3) is 0 Å². The number of pyridine rings is 1. The number of ether oxygens (including phenoxy) is 1. The number of methoxy groups -OCH3 is 1. The van der Waals surface area contributed by atoms with Gasteiger partial charge in [-0.25, -0.2) is 8.10 Å². The fraction of sp³-hybridized carbons (Fsp3) is 0.545. The molecule has 2 heterocycles. The van der Waals surface area contributed by atoms with Crippen LogP contribution in [0.2, 0.25) is 0 Å². The van der Waals surface area contributed by atoms with Gasteiger partial charge in [-0.05, 0) is 18.6 Å². The molecule has 5 heteroatoms. The molecular formula is C11H16IN3O. The molecule has 88 valence electrons. The molecule has 4 nitrogen and oxygen atoms in total. The Hall–Kier alpha value is -0.560. The molecule has 0 bridgehead atoms. The van der Waals surface area contributed by atoms with E-state index in [1.807, 2.05) is 18.3 Å². The third-order valence-electron chi connectivity index (χ3n) is 2.71. The van der Waals surface area contributed by atoms with Crippen molar-refractivity contribution in [1.82, 2.24) is 8.10 Å². The summed E-state index contributed by atoms with van der Waals surface area (Å²) >= 11 is 2.38. The van der Waals surface area contributed by atoms with Crippen molar-refractivity contribution in [3.8, 4) is 5.75 Å². The molecule has 0 unspecified atom stereocenters. The van der Waals surface area contributed by atoms with Gasteiger partial charge in [-0.1, -0.05) is 0 Å². The van der Waals surface area contributed by atoms with E-state index in [0.717, 1.165) is 37.7 Å². The molecular weight excluding hydrogens is 317 g/mol. The van der Waals surface area contributed by atoms with E-state index >= 15 is 0 Å². The second-order valence-corrected chi connectivity index (χ2v) is 5.14. The Balaban J connectivity index is 2.16. The van der Waals surface area contributed by atoms with Crippen LogP contribution in [-0.4, -0.2) is 41.4 Å². The first-order valence-electron chi connectivity index (χ1n) is 5.46. The van der Waals surface area contributed by atoms with Gasteiger partial charge in [-0.2, -0.15) is 0 Å². The number of aromatic nitrogens is 1. The average molecular weight is 333 g/mol. The smallest absolute Gasteiger partial charge is 0.171 e. The summed E-state index contributed by atoms with van der Waals surface area (Å²) in [5.41, 5.74) is 0. The second kappa shape index (κ2) is 5.67. The van der Waals surface area contributed by atoms with E-state index < -0.39 is 0 Å². The Labute approximate surface area is 110 Å². The van der Waals surface area contributed by atoms with Gasteiger partial charge in [0, 0.05) is 55.2 Å². The van der Waals surface area contributed by atoms with Gasteiger partial charge in [0.05, 0.1) is 7.11 Å². The van der Waals surface area contributed by atoms with Crippen LogP contribution in [0.5, 0.6) is 5.75 Å². The number of nitrogens with zero attached hydrogens (tertiary/aromatic N) is 3. The number of hydrogen-bond donors (Lipinski definition) is 0. The molecule has 0 radical (unpaired) electrons. The summed E-state index contributed by atoms with van der Waals surface area (Å²) in [6, 6.07) is 3.87. The Bertz CT molecular complexity index is 348. The van der Waals surface area contributed by atoms with Crippen LogP contribution >= 0.6 is 22.9 Å². The van der Waals surface area contributed by atoms with Crippen LogP contribution in [0.4, 0.5) is 5.82 Å². The van der Waals surface area contributed by atoms with Crippen molar-refractivity contribution in [2.75, 3.05) is 38.2 Å². The van der Waals surface area contributed by atoms with Crippen LogP contribution in [-0.2, 0) is 0 Å². The minimum Gasteiger partial charge on any atom is -0.493 e. The summed E-state index contributed by atoms with van der Waals surface area (Å²) in [6.07, 6.45) is 2.99. The van der Waals surface area contributed by atoms with Crippen LogP contribution in [0, 0.1) is 0 Å². The average Bonchev–Trinajstić information content (AvgIpc) is 2.54. The van der Waals surface area contributed by atoms with Crippen molar-refractivity contribution in [3.63, 3.8) is 0 Å². The molecule has 1 aromatic rings. The highest BCUT2D eigenvalue weighted by atomic mass is 127. The van der Waals surface area contributed by atoms with Crippen molar-refractivity contribution in [1.29, 1.82) is 0 Å². The molecule has 1 aromatic heterocycles. The fourth-order valence-corrected chi connectivity index (χ4v) is 2.43. The van der Waals surface area contributed by atoms with E-state index in [4.69, 9.17) is 4.74 Å². The van der Waals surface area contributed by atoms with Gasteiger partial charge in [0.15, 0.2) is 11.6 Å². The van der Waals surface area contributed by atoms with Gasteiger partial charge in [-0.15, -0.1) is 0 Å². The molecule has 16 heavy (non-hydrogen) atoms. The predicted octanol–water partition coefficient (Wildman–Crippen LogP) is 1.95. The normalized spacial score (nSPS) is 18.2. The zero-order valence-electron chi connectivity index (χ0n) is 9.40. The summed E-state index contributed by atoms with van der Waals surface area (Å²) in [6.45, 7) is 4.27. The van der Waals surface area contributed by atoms with Crippen LogP contribution in [0.1, 0.15) is 6.42 Å². The summed E-state index contributed by atoms with van der Waals surface area (Å²) in [4.78, 5) is 6.72. The molecule has 1 fully saturated rings. The van der Waals surface area contributed by atoms with Crippen LogP contribution in [0.25, 0.3) is 0 Å². The van der Waals surface area contributed by atoms with E-state index in [-0.39, 0.29) is 0 Å². The minimum atomic E-state index is 0.865. The Morgan fingerprint density at radius 1 is 1.31 bits per heavy atom. The maximum atomic E-state index is 5.35. The van der Waals surface area contributed by atoms with Crippen LogP contribution in [0.15, 0.2) is 18.3 Å². The number of anilines is 1. The highest BCUT2D eigenvalue weighted by Gasteiger charge is 2.17. The molecule has 0 aromatic carbocycles. The summed E-state index contributed by atoms with van der Waals surface area (Å²) in [7, 11) is 1.70. The van der Waals surface area contributed by atoms with Gasteiger partial charge in [-0.3, -0.25) is 0 Å². The lowest BCUT2D eigenvalue weighted by Crippen LogP contribution is -2.28. The monoisotopic (exact) mass is 333 g/mol. The molecule has 0 amide bonds. The molecule has 0 spiro atoms. The van der Waals surface area contributed by atoms with Crippen LogP contribution in [0.3, 0.4) is 0 Å². The van der Waals surface area contributed by atoms with Gasteiger partial charge < -0.3 is 9.64 Å². The number of halogens is 1. The SMILES string of the molecule is COc1cccnc1N1CCCN(I)CC1. The maximum absolute atomic E-state index is 5.35. The lowest BCUT2D eigenvalue weighted by Gasteiger charge is -2.22. The molecule has 0 aliphatic carbocycles. The first-order valence-corrected chi connectivity index (χ1v) is 6.42. The third-order valence-corrected chi connectivity index (χ3v) is 3.68. The van der Waals surface area contributed by atoms with E-state index in [2.05, 4.69) is 35.9 Å².